The molecular weight excluding hydrogens is 372 g/mol. The molecule has 7 nitrogen and oxygen atoms in total. The van der Waals surface area contributed by atoms with E-state index in [0.717, 1.165) is 16.0 Å². The van der Waals surface area contributed by atoms with Crippen molar-refractivity contribution in [2.75, 3.05) is 7.05 Å². The average Bonchev–Trinajstić information content (AvgIpc) is 2.98. The molecule has 2 aromatic rings. The number of aryl methyl sites for hydroxylation is 1. The molecule has 0 bridgehead atoms. The summed E-state index contributed by atoms with van der Waals surface area (Å²) >= 11 is 0. The highest BCUT2D eigenvalue weighted by atomic mass is 16.5. The van der Waals surface area contributed by atoms with Crippen LogP contribution in [-0.2, 0) is 16.2 Å². The average molecular weight is 394 g/mol. The van der Waals surface area contributed by atoms with Gasteiger partial charge in [-0.05, 0) is 31.0 Å². The van der Waals surface area contributed by atoms with Crippen molar-refractivity contribution in [1.29, 1.82) is 0 Å². The quantitative estimate of drug-likeness (QED) is 0.548. The molecule has 150 valence electrons. The molecule has 1 aliphatic rings. The number of ether oxygens (including phenoxy) is 1. The Morgan fingerprint density at radius 3 is 2.62 bits per heavy atom. The van der Waals surface area contributed by atoms with Crippen molar-refractivity contribution in [3.63, 3.8) is 0 Å². The predicted molar refractivity (Wildman–Crippen MR) is 106 cm³/mol. The summed E-state index contributed by atoms with van der Waals surface area (Å²) < 4.78 is 5.85. The highest BCUT2D eigenvalue weighted by Gasteiger charge is 2.44. The van der Waals surface area contributed by atoms with Crippen LogP contribution in [0.2, 0.25) is 0 Å². The van der Waals surface area contributed by atoms with E-state index in [2.05, 4.69) is 5.32 Å². The molecule has 0 saturated carbocycles. The summed E-state index contributed by atoms with van der Waals surface area (Å²) in [6.07, 6.45) is 0.779. The molecule has 2 aromatic carbocycles. The molecule has 7 heteroatoms. The van der Waals surface area contributed by atoms with Gasteiger partial charge in [0.2, 0.25) is 5.91 Å². The van der Waals surface area contributed by atoms with Gasteiger partial charge in [0.25, 0.3) is 11.8 Å². The molecule has 0 spiro atoms. The van der Waals surface area contributed by atoms with E-state index in [1.807, 2.05) is 31.2 Å². The van der Waals surface area contributed by atoms with Crippen LogP contribution in [-0.4, -0.2) is 42.0 Å². The number of fused-ring (bicyclic) bond motifs is 1. The summed E-state index contributed by atoms with van der Waals surface area (Å²) in [5.74, 6) is -1.37. The Morgan fingerprint density at radius 1 is 1.17 bits per heavy atom. The van der Waals surface area contributed by atoms with E-state index < -0.39 is 23.8 Å². The van der Waals surface area contributed by atoms with E-state index in [1.54, 1.807) is 12.1 Å². The highest BCUT2D eigenvalue weighted by Crippen LogP contribution is 2.33. The second-order valence-electron chi connectivity index (χ2n) is 6.81. The van der Waals surface area contributed by atoms with Crippen LogP contribution < -0.4 is 10.1 Å². The first kappa shape index (κ1) is 20.3. The number of carbonyl (C=O) groups excluding carboxylic acids is 4. The zero-order valence-electron chi connectivity index (χ0n) is 16.3. The van der Waals surface area contributed by atoms with Crippen LogP contribution in [0.5, 0.6) is 5.75 Å². The Balaban J connectivity index is 1.89. The number of hydrogen-bond donors (Lipinski definition) is 1. The monoisotopic (exact) mass is 394 g/mol. The summed E-state index contributed by atoms with van der Waals surface area (Å²) in [4.78, 5) is 49.9. The van der Waals surface area contributed by atoms with Crippen molar-refractivity contribution >= 4 is 24.0 Å². The second-order valence-corrected chi connectivity index (χ2v) is 6.81. The van der Waals surface area contributed by atoms with Crippen molar-refractivity contribution in [3.05, 3.63) is 64.7 Å². The molecule has 0 radical (unpaired) electrons. The number of imide groups is 1. The normalized spacial score (nSPS) is 13.8. The van der Waals surface area contributed by atoms with E-state index in [0.29, 0.717) is 6.29 Å². The van der Waals surface area contributed by atoms with Gasteiger partial charge in [0.15, 0.2) is 0 Å². The van der Waals surface area contributed by atoms with Crippen LogP contribution in [0.15, 0.2) is 42.5 Å². The number of likely N-dealkylation sites (N-methyl/N-ethyl adjacent to an activating group) is 1. The van der Waals surface area contributed by atoms with Crippen molar-refractivity contribution in [3.8, 4) is 5.75 Å². The zero-order chi connectivity index (χ0) is 21.0. The Bertz CT molecular complexity index is 969. The van der Waals surface area contributed by atoms with Gasteiger partial charge in [0.05, 0.1) is 11.1 Å². The lowest BCUT2D eigenvalue weighted by Gasteiger charge is -2.24. The maximum atomic E-state index is 13.1. The summed E-state index contributed by atoms with van der Waals surface area (Å²) in [5, 5.41) is 2.45. The van der Waals surface area contributed by atoms with Crippen LogP contribution in [0.25, 0.3) is 0 Å². The minimum Gasteiger partial charge on any atom is -0.488 e. The van der Waals surface area contributed by atoms with Crippen molar-refractivity contribution < 1.29 is 23.9 Å². The van der Waals surface area contributed by atoms with Gasteiger partial charge >= 0.3 is 0 Å². The number of rotatable bonds is 8. The lowest BCUT2D eigenvalue weighted by atomic mass is 10.1. The number of amides is 3. The summed E-state index contributed by atoms with van der Waals surface area (Å²) in [6.45, 7) is 2.21. The van der Waals surface area contributed by atoms with Gasteiger partial charge in [-0.3, -0.25) is 19.3 Å². The standard InChI is InChI=1S/C22H22N2O5/c1-14-6-3-7-15(12-14)13-29-18-10-4-8-16-19(18)22(28)24(21(16)27)17(9-5-11-25)20(26)23-2/h3-4,6-8,10-12,17H,5,9,13H2,1-2H3,(H,23,26). The fraction of sp³-hybridized carbons (Fsp3) is 0.273. The third-order valence-electron chi connectivity index (χ3n) is 4.80. The summed E-state index contributed by atoms with van der Waals surface area (Å²) in [7, 11) is 1.42. The third-order valence-corrected chi connectivity index (χ3v) is 4.80. The van der Waals surface area contributed by atoms with Gasteiger partial charge in [-0.2, -0.15) is 0 Å². The molecule has 3 amide bonds. The molecule has 0 fully saturated rings. The molecule has 1 atom stereocenters. The number of nitrogens with one attached hydrogen (secondary N) is 1. The van der Waals surface area contributed by atoms with E-state index in [4.69, 9.17) is 4.74 Å². The smallest absolute Gasteiger partial charge is 0.266 e. The Morgan fingerprint density at radius 2 is 1.93 bits per heavy atom. The van der Waals surface area contributed by atoms with Crippen molar-refractivity contribution in [2.45, 2.75) is 32.4 Å². The Labute approximate surface area is 168 Å². The number of benzene rings is 2. The topological polar surface area (TPSA) is 92.8 Å². The molecule has 1 aliphatic heterocycles. The molecule has 1 heterocycles. The molecule has 0 aromatic heterocycles. The fourth-order valence-electron chi connectivity index (χ4n) is 3.41. The molecule has 0 aliphatic carbocycles. The minimum atomic E-state index is -1.05. The van der Waals surface area contributed by atoms with E-state index in [1.165, 1.54) is 13.1 Å². The lowest BCUT2D eigenvalue weighted by molar-refractivity contribution is -0.124. The second kappa shape index (κ2) is 8.68. The molecular formula is C22H22N2O5. The van der Waals surface area contributed by atoms with Gasteiger partial charge < -0.3 is 14.8 Å². The van der Waals surface area contributed by atoms with Crippen LogP contribution in [0.3, 0.4) is 0 Å². The highest BCUT2D eigenvalue weighted by molar-refractivity contribution is 6.24. The number of nitrogens with zero attached hydrogens (tertiary/aromatic N) is 1. The lowest BCUT2D eigenvalue weighted by Crippen LogP contribution is -2.48. The first-order valence-corrected chi connectivity index (χ1v) is 9.32. The van der Waals surface area contributed by atoms with E-state index >= 15 is 0 Å². The van der Waals surface area contributed by atoms with Gasteiger partial charge in [-0.1, -0.05) is 35.9 Å². The maximum Gasteiger partial charge on any atom is 0.266 e. The first-order chi connectivity index (χ1) is 14.0. The van der Waals surface area contributed by atoms with Gasteiger partial charge in [-0.25, -0.2) is 0 Å². The van der Waals surface area contributed by atoms with Gasteiger partial charge in [-0.15, -0.1) is 0 Å². The van der Waals surface area contributed by atoms with Crippen LogP contribution >= 0.6 is 0 Å². The molecule has 29 heavy (non-hydrogen) atoms. The van der Waals surface area contributed by atoms with E-state index in [9.17, 15) is 19.2 Å². The molecule has 1 N–H and O–H groups in total. The predicted octanol–water partition coefficient (Wildman–Crippen LogP) is 2.26. The summed E-state index contributed by atoms with van der Waals surface area (Å²) in [5.41, 5.74) is 2.36. The fourth-order valence-corrected chi connectivity index (χ4v) is 3.41. The molecule has 3 rings (SSSR count). The Hall–Kier alpha value is -3.48. The van der Waals surface area contributed by atoms with Crippen molar-refractivity contribution in [1.82, 2.24) is 10.2 Å². The maximum absolute atomic E-state index is 13.1. The van der Waals surface area contributed by atoms with E-state index in [-0.39, 0.29) is 36.3 Å². The number of carbonyl (C=O) groups is 4. The largest absolute Gasteiger partial charge is 0.488 e. The van der Waals surface area contributed by atoms with Gasteiger partial charge in [0.1, 0.15) is 24.7 Å². The van der Waals surface area contributed by atoms with Crippen LogP contribution in [0.1, 0.15) is 44.7 Å². The molecule has 1 unspecified atom stereocenters. The van der Waals surface area contributed by atoms with Crippen LogP contribution in [0, 0.1) is 6.92 Å². The first-order valence-electron chi connectivity index (χ1n) is 9.32. The van der Waals surface area contributed by atoms with Gasteiger partial charge in [0, 0.05) is 13.5 Å². The molecule has 0 saturated heterocycles. The van der Waals surface area contributed by atoms with Crippen LogP contribution in [0.4, 0.5) is 0 Å². The third kappa shape index (κ3) is 4.03. The van der Waals surface area contributed by atoms with Crippen molar-refractivity contribution in [2.24, 2.45) is 0 Å². The zero-order valence-corrected chi connectivity index (χ0v) is 16.3. The number of hydrogen-bond acceptors (Lipinski definition) is 5. The minimum absolute atomic E-state index is 0.0577. The summed E-state index contributed by atoms with van der Waals surface area (Å²) in [6, 6.07) is 11.5. The SMILES string of the molecule is CNC(=O)C(CCC=O)N1C(=O)c2cccc(OCc3cccc(C)c3)c2C1=O. The Kier molecular flexibility index (Phi) is 6.07. The number of aldehydes is 1.